The molecule has 0 N–H and O–H groups in total. The van der Waals surface area contributed by atoms with Crippen molar-refractivity contribution in [3.63, 3.8) is 0 Å². The van der Waals surface area contributed by atoms with Crippen LogP contribution in [0.5, 0.6) is 0 Å². The fourth-order valence-corrected chi connectivity index (χ4v) is 7.82. The summed E-state index contributed by atoms with van der Waals surface area (Å²) in [7, 11) is 0. The molecule has 0 spiro atoms. The van der Waals surface area contributed by atoms with Gasteiger partial charge in [-0.25, -0.2) is 0 Å². The average molecular weight is 1040 g/mol. The van der Waals surface area contributed by atoms with Gasteiger partial charge in [-0.2, -0.15) is 0 Å². The maximum absolute atomic E-state index is 12.9. The van der Waals surface area contributed by atoms with Crippen molar-refractivity contribution in [2.24, 2.45) is 0 Å². The largest absolute Gasteiger partial charge is 0.462 e. The lowest BCUT2D eigenvalue weighted by Crippen LogP contribution is -2.30. The summed E-state index contributed by atoms with van der Waals surface area (Å²) in [5.74, 6) is -0.966. The van der Waals surface area contributed by atoms with Crippen molar-refractivity contribution in [3.8, 4) is 0 Å². The summed E-state index contributed by atoms with van der Waals surface area (Å²) in [4.78, 5) is 38.2. The lowest BCUT2D eigenvalue weighted by Gasteiger charge is -2.18. The molecular formula is C69H110O6. The molecular weight excluding hydrogens is 925 g/mol. The molecule has 0 bridgehead atoms. The molecule has 1 unspecified atom stereocenters. The number of esters is 3. The predicted octanol–water partition coefficient (Wildman–Crippen LogP) is 20.8. The summed E-state index contributed by atoms with van der Waals surface area (Å²) in [5, 5.41) is 0. The molecule has 0 aliphatic heterocycles. The third-order valence-electron chi connectivity index (χ3n) is 12.3. The number of ether oxygens (including phenoxy) is 3. The molecule has 0 aliphatic rings. The first-order chi connectivity index (χ1) is 37.0. The molecule has 0 heterocycles. The number of hydrogen-bond acceptors (Lipinski definition) is 6. The highest BCUT2D eigenvalue weighted by molar-refractivity contribution is 5.71. The van der Waals surface area contributed by atoms with Crippen LogP contribution in [0.15, 0.2) is 146 Å². The Morgan fingerprint density at radius 1 is 0.280 bits per heavy atom. The van der Waals surface area contributed by atoms with Crippen LogP contribution in [0, 0.1) is 0 Å². The maximum Gasteiger partial charge on any atom is 0.306 e. The van der Waals surface area contributed by atoms with E-state index >= 15 is 0 Å². The summed E-state index contributed by atoms with van der Waals surface area (Å²) < 4.78 is 16.8. The molecule has 0 saturated heterocycles. The molecule has 0 aromatic carbocycles. The Hall–Kier alpha value is -4.71. The first kappa shape index (κ1) is 70.3. The van der Waals surface area contributed by atoms with Crippen LogP contribution in [0.1, 0.15) is 252 Å². The zero-order valence-corrected chi connectivity index (χ0v) is 48.3. The van der Waals surface area contributed by atoms with Crippen molar-refractivity contribution in [2.75, 3.05) is 13.2 Å². The van der Waals surface area contributed by atoms with Crippen LogP contribution < -0.4 is 0 Å². The highest BCUT2D eigenvalue weighted by Crippen LogP contribution is 2.14. The van der Waals surface area contributed by atoms with Gasteiger partial charge in [-0.1, -0.05) is 237 Å². The van der Waals surface area contributed by atoms with Gasteiger partial charge in [-0.15, -0.1) is 0 Å². The summed E-state index contributed by atoms with van der Waals surface area (Å²) in [5.41, 5.74) is 0. The van der Waals surface area contributed by atoms with Gasteiger partial charge in [0.25, 0.3) is 0 Å². The number of allylic oxidation sites excluding steroid dienone is 24. The molecule has 0 saturated carbocycles. The van der Waals surface area contributed by atoms with E-state index in [4.69, 9.17) is 14.2 Å². The SMILES string of the molecule is CC/C=C\C/C=C\C/C=C\C/C=C\C/C=C\C/C=C\CCCCCCCCC(=O)OCC(COC(=O)CCCCC/C=C\C/C=C\C/C=C\CC)OC(=O)CCCCCCCC/C=C\C/C=C\C/C=C\CCCCC. The molecule has 0 aromatic heterocycles. The number of carbonyl (C=O) groups excluding carboxylic acids is 3. The van der Waals surface area contributed by atoms with Gasteiger partial charge in [0.05, 0.1) is 0 Å². The third kappa shape index (κ3) is 60.0. The van der Waals surface area contributed by atoms with Gasteiger partial charge in [0, 0.05) is 19.3 Å². The Balaban J connectivity index is 4.45. The Labute approximate surface area is 461 Å². The minimum absolute atomic E-state index is 0.106. The van der Waals surface area contributed by atoms with Crippen molar-refractivity contribution in [1.82, 2.24) is 0 Å². The second-order valence-corrected chi connectivity index (χ2v) is 19.5. The van der Waals surface area contributed by atoms with E-state index in [9.17, 15) is 14.4 Å². The fourth-order valence-electron chi connectivity index (χ4n) is 7.82. The fraction of sp³-hybridized carbons (Fsp3) is 0.609. The highest BCUT2D eigenvalue weighted by atomic mass is 16.6. The number of hydrogen-bond donors (Lipinski definition) is 0. The van der Waals surface area contributed by atoms with Crippen LogP contribution in [0.2, 0.25) is 0 Å². The first-order valence-corrected chi connectivity index (χ1v) is 30.3. The van der Waals surface area contributed by atoms with E-state index in [0.29, 0.717) is 19.3 Å². The van der Waals surface area contributed by atoms with E-state index in [2.05, 4.69) is 167 Å². The Bertz CT molecular complexity index is 1660. The topological polar surface area (TPSA) is 78.9 Å². The second-order valence-electron chi connectivity index (χ2n) is 19.5. The Morgan fingerprint density at radius 2 is 0.520 bits per heavy atom. The van der Waals surface area contributed by atoms with Crippen LogP contribution in [-0.4, -0.2) is 37.2 Å². The van der Waals surface area contributed by atoms with Crippen LogP contribution in [0.25, 0.3) is 0 Å². The molecule has 0 aliphatic carbocycles. The van der Waals surface area contributed by atoms with Gasteiger partial charge in [0.15, 0.2) is 6.10 Å². The highest BCUT2D eigenvalue weighted by Gasteiger charge is 2.19. The van der Waals surface area contributed by atoms with E-state index < -0.39 is 6.10 Å². The van der Waals surface area contributed by atoms with E-state index in [1.54, 1.807) is 0 Å². The van der Waals surface area contributed by atoms with Crippen LogP contribution in [0.4, 0.5) is 0 Å². The van der Waals surface area contributed by atoms with E-state index in [-0.39, 0.29) is 31.1 Å². The van der Waals surface area contributed by atoms with Gasteiger partial charge in [0.1, 0.15) is 13.2 Å². The van der Waals surface area contributed by atoms with E-state index in [0.717, 1.165) is 161 Å². The summed E-state index contributed by atoms with van der Waals surface area (Å²) in [6.07, 6.45) is 88.4. The quantitative estimate of drug-likeness (QED) is 0.0261. The zero-order valence-electron chi connectivity index (χ0n) is 48.3. The number of rotatable bonds is 53. The lowest BCUT2D eigenvalue weighted by molar-refractivity contribution is -0.167. The zero-order chi connectivity index (χ0) is 54.3. The molecule has 0 rings (SSSR count). The first-order valence-electron chi connectivity index (χ1n) is 30.3. The Kier molecular flexibility index (Phi) is 58.0. The normalized spacial score (nSPS) is 13.2. The molecule has 1 atom stereocenters. The average Bonchev–Trinajstić information content (AvgIpc) is 3.41. The van der Waals surface area contributed by atoms with Crippen molar-refractivity contribution >= 4 is 17.9 Å². The molecule has 422 valence electrons. The van der Waals surface area contributed by atoms with Gasteiger partial charge in [-0.05, 0) is 141 Å². The smallest absolute Gasteiger partial charge is 0.306 e. The number of unbranched alkanes of at least 4 members (excludes halogenated alkanes) is 18. The molecule has 0 amide bonds. The van der Waals surface area contributed by atoms with Crippen LogP contribution in [-0.2, 0) is 28.6 Å². The van der Waals surface area contributed by atoms with Crippen molar-refractivity contribution in [3.05, 3.63) is 146 Å². The predicted molar refractivity (Wildman–Crippen MR) is 325 cm³/mol. The van der Waals surface area contributed by atoms with Gasteiger partial charge < -0.3 is 14.2 Å². The van der Waals surface area contributed by atoms with Crippen LogP contribution in [0.3, 0.4) is 0 Å². The van der Waals surface area contributed by atoms with E-state index in [1.807, 2.05) is 0 Å². The maximum atomic E-state index is 12.9. The van der Waals surface area contributed by atoms with Gasteiger partial charge in [-0.3, -0.25) is 14.4 Å². The van der Waals surface area contributed by atoms with Crippen molar-refractivity contribution in [2.45, 2.75) is 258 Å². The molecule has 0 aromatic rings. The van der Waals surface area contributed by atoms with Gasteiger partial charge in [0.2, 0.25) is 0 Å². The molecule has 75 heavy (non-hydrogen) atoms. The summed E-state index contributed by atoms with van der Waals surface area (Å²) >= 11 is 0. The minimum Gasteiger partial charge on any atom is -0.462 e. The second kappa shape index (κ2) is 61.8. The Morgan fingerprint density at radius 3 is 0.827 bits per heavy atom. The standard InChI is InChI=1S/C69H110O6/c1-4-7-10-13-16-19-22-25-27-29-31-32-33-34-35-36-38-39-41-44-47-50-53-56-59-62-68(71)74-65-66(64-73-67(70)61-58-55-52-49-46-43-24-21-18-15-12-9-6-3)75-69(72)63-60-57-54-51-48-45-42-40-37-30-28-26-23-20-17-14-11-8-5-2/h7,9-10,12,16-21,25-28,31-32,34-35,37-40,43,46,66H,4-6,8,11,13-15,22-24,29-30,33,36,41-42,44-45,47-65H2,1-3H3/b10-7-,12-9-,19-16-,20-17-,21-18-,27-25-,28-26-,32-31-,35-34-,39-38-,40-37-,46-43-. The minimum atomic E-state index is -0.811. The number of carbonyl (C=O) groups is 3. The molecule has 0 fully saturated rings. The van der Waals surface area contributed by atoms with Gasteiger partial charge >= 0.3 is 17.9 Å². The van der Waals surface area contributed by atoms with Crippen molar-refractivity contribution in [1.29, 1.82) is 0 Å². The third-order valence-corrected chi connectivity index (χ3v) is 12.3. The molecule has 6 nitrogen and oxygen atoms in total. The summed E-state index contributed by atoms with van der Waals surface area (Å²) in [6.45, 7) is 6.33. The van der Waals surface area contributed by atoms with Crippen molar-refractivity contribution < 1.29 is 28.6 Å². The molecule has 0 radical (unpaired) electrons. The lowest BCUT2D eigenvalue weighted by atomic mass is 10.1. The van der Waals surface area contributed by atoms with Crippen LogP contribution >= 0.6 is 0 Å². The van der Waals surface area contributed by atoms with E-state index in [1.165, 1.54) is 51.4 Å². The monoisotopic (exact) mass is 1030 g/mol. The molecule has 6 heteroatoms. The summed E-state index contributed by atoms with van der Waals surface area (Å²) in [6, 6.07) is 0.